The van der Waals surface area contributed by atoms with E-state index in [1.807, 2.05) is 32.9 Å². The molecule has 0 radical (unpaired) electrons. The second-order valence-electron chi connectivity index (χ2n) is 9.51. The number of carbonyl (C=O) groups excluding carboxylic acids is 2. The van der Waals surface area contributed by atoms with Crippen molar-refractivity contribution in [1.82, 2.24) is 0 Å². The molecule has 2 heterocycles. The predicted molar refractivity (Wildman–Crippen MR) is 125 cm³/mol. The predicted octanol–water partition coefficient (Wildman–Crippen LogP) is 6.53. The van der Waals surface area contributed by atoms with Crippen LogP contribution in [0.25, 0.3) is 5.76 Å². The summed E-state index contributed by atoms with van der Waals surface area (Å²) in [6.07, 6.45) is -3.20. The number of ketones is 1. The van der Waals surface area contributed by atoms with Crippen molar-refractivity contribution < 1.29 is 32.3 Å². The Morgan fingerprint density at radius 3 is 2.14 bits per heavy atom. The van der Waals surface area contributed by atoms with E-state index in [9.17, 15) is 27.9 Å². The van der Waals surface area contributed by atoms with Gasteiger partial charge in [0, 0.05) is 11.3 Å². The van der Waals surface area contributed by atoms with Crippen molar-refractivity contribution in [3.05, 3.63) is 94.4 Å². The first-order valence-corrected chi connectivity index (χ1v) is 10.9. The van der Waals surface area contributed by atoms with Gasteiger partial charge in [-0.15, -0.1) is 0 Å². The number of furan rings is 1. The standard InChI is InChI=1S/C27H24F3NO4/c1-15-7-8-17(26(2,3)4)14-19(15)23(32)21-22(20-6-5-13-35-20)31(25(34)24(21)33)18-11-9-16(10-12-18)27(28,29)30/h5-14,22,32H,1-4H3/b23-21+. The maximum Gasteiger partial charge on any atom is 0.416 e. The van der Waals surface area contributed by atoms with Crippen LogP contribution in [-0.4, -0.2) is 16.8 Å². The van der Waals surface area contributed by atoms with Gasteiger partial charge in [0.2, 0.25) is 0 Å². The van der Waals surface area contributed by atoms with Crippen molar-refractivity contribution in [2.45, 2.75) is 45.3 Å². The van der Waals surface area contributed by atoms with E-state index >= 15 is 0 Å². The molecule has 4 rings (SSSR count). The average molecular weight is 483 g/mol. The number of aryl methyl sites for hydroxylation is 1. The van der Waals surface area contributed by atoms with Gasteiger partial charge in [0.1, 0.15) is 17.6 Å². The minimum Gasteiger partial charge on any atom is -0.507 e. The summed E-state index contributed by atoms with van der Waals surface area (Å²) in [6, 6.07) is 11.4. The maximum atomic E-state index is 13.2. The highest BCUT2D eigenvalue weighted by molar-refractivity contribution is 6.51. The molecule has 3 aromatic rings. The number of hydrogen-bond acceptors (Lipinski definition) is 4. The molecule has 35 heavy (non-hydrogen) atoms. The Hall–Kier alpha value is -3.81. The fourth-order valence-corrected chi connectivity index (χ4v) is 4.11. The zero-order valence-corrected chi connectivity index (χ0v) is 19.6. The van der Waals surface area contributed by atoms with Gasteiger partial charge in [-0.05, 0) is 65.9 Å². The van der Waals surface area contributed by atoms with Crippen LogP contribution in [0.5, 0.6) is 0 Å². The van der Waals surface area contributed by atoms with Crippen LogP contribution in [0.1, 0.15) is 54.8 Å². The van der Waals surface area contributed by atoms with Crippen molar-refractivity contribution in [3.8, 4) is 0 Å². The molecule has 1 unspecified atom stereocenters. The fraction of sp³-hybridized carbons (Fsp3) is 0.259. The molecule has 0 spiro atoms. The highest BCUT2D eigenvalue weighted by Gasteiger charge is 2.48. The Kier molecular flexibility index (Phi) is 5.87. The number of nitrogens with zero attached hydrogens (tertiary/aromatic N) is 1. The number of anilines is 1. The summed E-state index contributed by atoms with van der Waals surface area (Å²) >= 11 is 0. The third-order valence-corrected chi connectivity index (χ3v) is 6.09. The van der Waals surface area contributed by atoms with Crippen molar-refractivity contribution in [3.63, 3.8) is 0 Å². The first-order chi connectivity index (χ1) is 16.3. The molecule has 1 fully saturated rings. The number of amides is 1. The number of rotatable bonds is 3. The lowest BCUT2D eigenvalue weighted by atomic mass is 9.84. The SMILES string of the molecule is Cc1ccc(C(C)(C)C)cc1/C(O)=C1\C(=O)C(=O)N(c2ccc(C(F)(F)F)cc2)C1c1ccco1. The van der Waals surface area contributed by atoms with Gasteiger partial charge in [-0.2, -0.15) is 13.2 Å². The van der Waals surface area contributed by atoms with Gasteiger partial charge in [-0.3, -0.25) is 14.5 Å². The molecule has 182 valence electrons. The summed E-state index contributed by atoms with van der Waals surface area (Å²) < 4.78 is 44.7. The second-order valence-corrected chi connectivity index (χ2v) is 9.51. The number of aliphatic hydroxyl groups excluding tert-OH is 1. The Balaban J connectivity index is 1.91. The molecular formula is C27H24F3NO4. The smallest absolute Gasteiger partial charge is 0.416 e. The number of benzene rings is 2. The molecule has 0 bridgehead atoms. The molecule has 1 aliphatic rings. The fourth-order valence-electron chi connectivity index (χ4n) is 4.11. The van der Waals surface area contributed by atoms with Crippen LogP contribution in [0.4, 0.5) is 18.9 Å². The van der Waals surface area contributed by atoms with E-state index in [1.54, 1.807) is 25.1 Å². The minimum absolute atomic E-state index is 0.0701. The summed E-state index contributed by atoms with van der Waals surface area (Å²) in [5, 5.41) is 11.4. The molecule has 1 aromatic heterocycles. The van der Waals surface area contributed by atoms with Crippen LogP contribution >= 0.6 is 0 Å². The largest absolute Gasteiger partial charge is 0.507 e. The normalized spacial score (nSPS) is 18.4. The zero-order chi connectivity index (χ0) is 25.7. The van der Waals surface area contributed by atoms with Crippen LogP contribution < -0.4 is 4.90 Å². The van der Waals surface area contributed by atoms with E-state index in [4.69, 9.17) is 4.42 Å². The number of alkyl halides is 3. The van der Waals surface area contributed by atoms with Gasteiger partial charge in [-0.25, -0.2) is 0 Å². The van der Waals surface area contributed by atoms with E-state index in [1.165, 1.54) is 6.26 Å². The van der Waals surface area contributed by atoms with Crippen molar-refractivity contribution in [1.29, 1.82) is 0 Å². The second kappa shape index (κ2) is 8.45. The van der Waals surface area contributed by atoms with Crippen molar-refractivity contribution in [2.24, 2.45) is 0 Å². The zero-order valence-electron chi connectivity index (χ0n) is 19.6. The maximum absolute atomic E-state index is 13.2. The van der Waals surface area contributed by atoms with Gasteiger partial charge < -0.3 is 9.52 Å². The third-order valence-electron chi connectivity index (χ3n) is 6.09. The first-order valence-electron chi connectivity index (χ1n) is 10.9. The molecule has 0 aliphatic carbocycles. The molecule has 1 amide bonds. The molecule has 1 N–H and O–H groups in total. The lowest BCUT2D eigenvalue weighted by Gasteiger charge is -2.24. The Bertz CT molecular complexity index is 1310. The van der Waals surface area contributed by atoms with E-state index < -0.39 is 29.5 Å². The quantitative estimate of drug-likeness (QED) is 0.261. The number of carbonyl (C=O) groups is 2. The highest BCUT2D eigenvalue weighted by atomic mass is 19.4. The van der Waals surface area contributed by atoms with Gasteiger partial charge in [-0.1, -0.05) is 32.9 Å². The Morgan fingerprint density at radius 2 is 1.60 bits per heavy atom. The minimum atomic E-state index is -4.55. The molecule has 2 aromatic carbocycles. The van der Waals surface area contributed by atoms with Crippen LogP contribution in [0.15, 0.2) is 70.9 Å². The van der Waals surface area contributed by atoms with E-state index in [0.717, 1.165) is 34.7 Å². The Labute approximate surface area is 200 Å². The summed E-state index contributed by atoms with van der Waals surface area (Å²) in [6.45, 7) is 7.80. The van der Waals surface area contributed by atoms with E-state index in [-0.39, 0.29) is 28.2 Å². The van der Waals surface area contributed by atoms with Crippen LogP contribution in [0, 0.1) is 6.92 Å². The summed E-state index contributed by atoms with van der Waals surface area (Å²) in [4.78, 5) is 27.4. The lowest BCUT2D eigenvalue weighted by molar-refractivity contribution is -0.137. The molecular weight excluding hydrogens is 459 g/mol. The Morgan fingerprint density at radius 1 is 0.971 bits per heavy atom. The molecule has 1 saturated heterocycles. The van der Waals surface area contributed by atoms with Crippen molar-refractivity contribution in [2.75, 3.05) is 4.90 Å². The monoisotopic (exact) mass is 483 g/mol. The number of halogens is 3. The van der Waals surface area contributed by atoms with E-state index in [2.05, 4.69) is 0 Å². The summed E-state index contributed by atoms with van der Waals surface area (Å²) in [5.74, 6) is -2.11. The number of Topliss-reactive ketones (excluding diaryl/α,β-unsaturated/α-hetero) is 1. The summed E-state index contributed by atoms with van der Waals surface area (Å²) in [7, 11) is 0. The van der Waals surface area contributed by atoms with Gasteiger partial charge in [0.25, 0.3) is 11.7 Å². The van der Waals surface area contributed by atoms with Crippen molar-refractivity contribution >= 4 is 23.1 Å². The molecule has 5 nitrogen and oxygen atoms in total. The van der Waals surface area contributed by atoms with Gasteiger partial charge >= 0.3 is 6.18 Å². The average Bonchev–Trinajstić information content (AvgIpc) is 3.39. The first kappa shape index (κ1) is 24.3. The van der Waals surface area contributed by atoms with E-state index in [0.29, 0.717) is 11.1 Å². The van der Waals surface area contributed by atoms with Crippen LogP contribution in [0.2, 0.25) is 0 Å². The van der Waals surface area contributed by atoms with Crippen LogP contribution in [-0.2, 0) is 21.2 Å². The van der Waals surface area contributed by atoms with Gasteiger partial charge in [0.05, 0.1) is 17.4 Å². The summed E-state index contributed by atoms with van der Waals surface area (Å²) in [5.41, 5.74) is 0.738. The topological polar surface area (TPSA) is 70.8 Å². The third kappa shape index (κ3) is 4.36. The van der Waals surface area contributed by atoms with Crippen LogP contribution in [0.3, 0.4) is 0 Å². The van der Waals surface area contributed by atoms with Gasteiger partial charge in [0.15, 0.2) is 0 Å². The highest BCUT2D eigenvalue weighted by Crippen LogP contribution is 2.43. The number of aliphatic hydroxyl groups is 1. The number of hydrogen-bond donors (Lipinski definition) is 1. The lowest BCUT2D eigenvalue weighted by Crippen LogP contribution is -2.29. The molecule has 1 aliphatic heterocycles. The molecule has 1 atom stereocenters. The molecule has 8 heteroatoms. The molecule has 0 saturated carbocycles.